The number of H-pyrrole nitrogens is 1. The van der Waals surface area contributed by atoms with Crippen LogP contribution in [-0.4, -0.2) is 36.2 Å². The predicted molar refractivity (Wildman–Crippen MR) is 126 cm³/mol. The fourth-order valence-corrected chi connectivity index (χ4v) is 4.29. The average Bonchev–Trinajstić information content (AvgIpc) is 3.49. The Hall–Kier alpha value is -3.77. The molecule has 1 amide bonds. The Morgan fingerprint density at radius 1 is 1.03 bits per heavy atom. The fourth-order valence-electron chi connectivity index (χ4n) is 4.29. The van der Waals surface area contributed by atoms with Gasteiger partial charge in [0.2, 0.25) is 6.79 Å². The quantitative estimate of drug-likeness (QED) is 0.424. The highest BCUT2D eigenvalue weighted by molar-refractivity contribution is 5.84. The molecule has 6 nitrogen and oxygen atoms in total. The maximum absolute atomic E-state index is 13.7. The van der Waals surface area contributed by atoms with Crippen LogP contribution in [0.2, 0.25) is 0 Å². The molecule has 1 aliphatic rings. The van der Waals surface area contributed by atoms with Crippen LogP contribution in [0.1, 0.15) is 22.8 Å². The van der Waals surface area contributed by atoms with E-state index in [9.17, 15) is 4.79 Å². The van der Waals surface area contributed by atoms with E-state index in [1.165, 1.54) is 10.9 Å². The zero-order valence-corrected chi connectivity index (χ0v) is 18.5. The van der Waals surface area contributed by atoms with Crippen molar-refractivity contribution < 1.29 is 19.0 Å². The molecule has 0 saturated heterocycles. The van der Waals surface area contributed by atoms with Gasteiger partial charge in [-0.1, -0.05) is 54.6 Å². The maximum Gasteiger partial charge on any atom is 0.256 e. The van der Waals surface area contributed by atoms with Crippen LogP contribution in [0, 0.1) is 0 Å². The summed E-state index contributed by atoms with van der Waals surface area (Å²) >= 11 is 0. The van der Waals surface area contributed by atoms with Crippen LogP contribution in [0.25, 0.3) is 10.9 Å². The molecule has 168 valence electrons. The molecule has 0 radical (unpaired) electrons. The van der Waals surface area contributed by atoms with Crippen molar-refractivity contribution in [2.24, 2.45) is 0 Å². The Kier molecular flexibility index (Phi) is 6.00. The molecule has 1 N–H and O–H groups in total. The Morgan fingerprint density at radius 3 is 2.67 bits per heavy atom. The molecule has 33 heavy (non-hydrogen) atoms. The minimum Gasteiger partial charge on any atom is -0.454 e. The van der Waals surface area contributed by atoms with Gasteiger partial charge in [0.05, 0.1) is 0 Å². The second kappa shape index (κ2) is 9.38. The standard InChI is InChI=1S/C27H26N2O4/c1-31-26(20-7-3-2-4-8-20)27(30)29(17-19-11-12-24-25(15-19)33-18-32-24)14-13-21-16-28-23-10-6-5-9-22(21)23/h2-12,15-16,26,28H,13-14,17-18H2,1H3. The van der Waals surface area contributed by atoms with Gasteiger partial charge in [0.15, 0.2) is 17.6 Å². The average molecular weight is 443 g/mol. The molecule has 0 bridgehead atoms. The number of carbonyl (C=O) groups excluding carboxylic acids is 1. The lowest BCUT2D eigenvalue weighted by Crippen LogP contribution is -2.37. The van der Waals surface area contributed by atoms with Gasteiger partial charge < -0.3 is 24.1 Å². The Bertz CT molecular complexity index is 1250. The first-order valence-electron chi connectivity index (χ1n) is 11.0. The molecular weight excluding hydrogens is 416 g/mol. The number of methoxy groups -OCH3 is 1. The molecule has 1 aromatic heterocycles. The van der Waals surface area contributed by atoms with E-state index >= 15 is 0 Å². The second-order valence-electron chi connectivity index (χ2n) is 8.08. The third kappa shape index (κ3) is 4.43. The van der Waals surface area contributed by atoms with E-state index < -0.39 is 6.10 Å². The van der Waals surface area contributed by atoms with Crippen LogP contribution < -0.4 is 9.47 Å². The molecule has 0 spiro atoms. The second-order valence-corrected chi connectivity index (χ2v) is 8.08. The number of ether oxygens (including phenoxy) is 3. The lowest BCUT2D eigenvalue weighted by Gasteiger charge is -2.27. The zero-order valence-electron chi connectivity index (χ0n) is 18.5. The Morgan fingerprint density at radius 2 is 1.82 bits per heavy atom. The van der Waals surface area contributed by atoms with E-state index in [2.05, 4.69) is 17.1 Å². The van der Waals surface area contributed by atoms with Crippen molar-refractivity contribution in [2.45, 2.75) is 19.1 Å². The van der Waals surface area contributed by atoms with Crippen LogP contribution in [0.3, 0.4) is 0 Å². The van der Waals surface area contributed by atoms with E-state index in [1.807, 2.05) is 71.8 Å². The fraction of sp³-hybridized carbons (Fsp3) is 0.222. The minimum absolute atomic E-state index is 0.0683. The summed E-state index contributed by atoms with van der Waals surface area (Å²) in [6.45, 7) is 1.23. The maximum atomic E-state index is 13.7. The number of nitrogens with zero attached hydrogens (tertiary/aromatic N) is 1. The topological polar surface area (TPSA) is 63.8 Å². The van der Waals surface area contributed by atoms with Gasteiger partial charge in [-0.3, -0.25) is 4.79 Å². The number of para-hydroxylation sites is 1. The molecule has 3 aromatic carbocycles. The van der Waals surface area contributed by atoms with Crippen LogP contribution >= 0.6 is 0 Å². The van der Waals surface area contributed by atoms with Gasteiger partial charge in [0, 0.05) is 37.3 Å². The highest BCUT2D eigenvalue weighted by atomic mass is 16.7. The number of hydrogen-bond acceptors (Lipinski definition) is 4. The predicted octanol–water partition coefficient (Wildman–Crippen LogP) is 4.86. The summed E-state index contributed by atoms with van der Waals surface area (Å²) in [7, 11) is 1.58. The van der Waals surface area contributed by atoms with Gasteiger partial charge in [0.25, 0.3) is 5.91 Å². The molecule has 4 aromatic rings. The van der Waals surface area contributed by atoms with Crippen molar-refractivity contribution in [3.63, 3.8) is 0 Å². The number of nitrogens with one attached hydrogen (secondary N) is 1. The number of rotatable bonds is 8. The minimum atomic E-state index is -0.664. The summed E-state index contributed by atoms with van der Waals surface area (Å²) in [6.07, 6.45) is 2.09. The van der Waals surface area contributed by atoms with Crippen molar-refractivity contribution >= 4 is 16.8 Å². The summed E-state index contributed by atoms with van der Waals surface area (Å²) in [5.41, 5.74) is 4.10. The molecule has 0 saturated carbocycles. The first-order valence-corrected chi connectivity index (χ1v) is 11.0. The monoisotopic (exact) mass is 442 g/mol. The van der Waals surface area contributed by atoms with E-state index in [-0.39, 0.29) is 12.7 Å². The zero-order chi connectivity index (χ0) is 22.6. The first kappa shape index (κ1) is 21.1. The number of aromatic amines is 1. The van der Waals surface area contributed by atoms with E-state index in [1.54, 1.807) is 7.11 Å². The third-order valence-corrected chi connectivity index (χ3v) is 6.01. The summed E-state index contributed by atoms with van der Waals surface area (Å²) in [5.74, 6) is 1.37. The van der Waals surface area contributed by atoms with Crippen LogP contribution in [-0.2, 0) is 22.5 Å². The smallest absolute Gasteiger partial charge is 0.256 e. The third-order valence-electron chi connectivity index (χ3n) is 6.01. The van der Waals surface area contributed by atoms with Crippen molar-refractivity contribution in [3.8, 4) is 11.5 Å². The van der Waals surface area contributed by atoms with Crippen LogP contribution in [0.15, 0.2) is 79.0 Å². The summed E-state index contributed by atoms with van der Waals surface area (Å²) in [5, 5.41) is 1.18. The molecule has 1 unspecified atom stereocenters. The van der Waals surface area contributed by atoms with Crippen molar-refractivity contribution in [1.82, 2.24) is 9.88 Å². The lowest BCUT2D eigenvalue weighted by atomic mass is 10.1. The number of carbonyl (C=O) groups is 1. The summed E-state index contributed by atoms with van der Waals surface area (Å²) < 4.78 is 16.6. The summed E-state index contributed by atoms with van der Waals surface area (Å²) in [6, 6.07) is 23.6. The molecule has 2 heterocycles. The number of aromatic nitrogens is 1. The van der Waals surface area contributed by atoms with E-state index in [4.69, 9.17) is 14.2 Å². The van der Waals surface area contributed by atoms with Gasteiger partial charge in [-0.15, -0.1) is 0 Å². The molecule has 0 fully saturated rings. The summed E-state index contributed by atoms with van der Waals surface area (Å²) in [4.78, 5) is 18.9. The molecule has 0 aliphatic carbocycles. The van der Waals surface area contributed by atoms with Crippen molar-refractivity contribution in [2.75, 3.05) is 20.4 Å². The van der Waals surface area contributed by atoms with Crippen molar-refractivity contribution in [1.29, 1.82) is 0 Å². The van der Waals surface area contributed by atoms with Gasteiger partial charge in [-0.25, -0.2) is 0 Å². The van der Waals surface area contributed by atoms with Crippen LogP contribution in [0.5, 0.6) is 11.5 Å². The normalized spacial score (nSPS) is 13.2. The number of hydrogen-bond donors (Lipinski definition) is 1. The number of fused-ring (bicyclic) bond motifs is 2. The van der Waals surface area contributed by atoms with Crippen molar-refractivity contribution in [3.05, 3.63) is 95.7 Å². The molecule has 6 heteroatoms. The highest BCUT2D eigenvalue weighted by Crippen LogP contribution is 2.33. The van der Waals surface area contributed by atoms with Gasteiger partial charge in [-0.05, 0) is 41.3 Å². The Labute approximate surface area is 192 Å². The molecule has 1 aliphatic heterocycles. The van der Waals surface area contributed by atoms with Gasteiger partial charge >= 0.3 is 0 Å². The number of amides is 1. The molecule has 5 rings (SSSR count). The van der Waals surface area contributed by atoms with Gasteiger partial charge in [0.1, 0.15) is 0 Å². The lowest BCUT2D eigenvalue weighted by molar-refractivity contribution is -0.143. The number of benzene rings is 3. The molecular formula is C27H26N2O4. The van der Waals surface area contributed by atoms with Crippen LogP contribution in [0.4, 0.5) is 0 Å². The first-order chi connectivity index (χ1) is 16.2. The van der Waals surface area contributed by atoms with E-state index in [0.29, 0.717) is 18.8 Å². The Balaban J connectivity index is 1.41. The largest absolute Gasteiger partial charge is 0.454 e. The molecule has 1 atom stereocenters. The van der Waals surface area contributed by atoms with E-state index in [0.717, 1.165) is 28.8 Å². The van der Waals surface area contributed by atoms with Gasteiger partial charge in [-0.2, -0.15) is 0 Å². The highest BCUT2D eigenvalue weighted by Gasteiger charge is 2.26. The SMILES string of the molecule is COC(C(=O)N(CCc1c[nH]c2ccccc12)Cc1ccc2c(c1)OCO2)c1ccccc1.